The Hall–Kier alpha value is -1.60. The second kappa shape index (κ2) is 4.28. The van der Waals surface area contributed by atoms with Crippen molar-refractivity contribution in [2.24, 2.45) is 11.5 Å². The predicted molar refractivity (Wildman–Crippen MR) is 54.1 cm³/mol. The van der Waals surface area contributed by atoms with Gasteiger partial charge in [-0.25, -0.2) is 17.5 Å². The zero-order valence-electron chi connectivity index (χ0n) is 7.83. The molecule has 0 aromatic heterocycles. The molecular formula is C8H11N3O3S. The van der Waals surface area contributed by atoms with E-state index in [1.165, 1.54) is 12.1 Å². The van der Waals surface area contributed by atoms with E-state index >= 15 is 0 Å². The number of primary amides is 1. The van der Waals surface area contributed by atoms with E-state index < -0.39 is 22.7 Å². The number of sulfonamides is 1. The van der Waals surface area contributed by atoms with E-state index in [1.54, 1.807) is 18.2 Å². The van der Waals surface area contributed by atoms with Gasteiger partial charge >= 0.3 is 6.03 Å². The van der Waals surface area contributed by atoms with Crippen LogP contribution in [0.4, 0.5) is 4.79 Å². The van der Waals surface area contributed by atoms with Gasteiger partial charge in [0.2, 0.25) is 0 Å². The van der Waals surface area contributed by atoms with E-state index in [2.05, 4.69) is 0 Å². The number of nitrogens with two attached hydrogens (primary N) is 2. The summed E-state index contributed by atoms with van der Waals surface area (Å²) < 4.78 is 23.9. The van der Waals surface area contributed by atoms with E-state index in [-0.39, 0.29) is 4.90 Å². The molecule has 1 aromatic carbocycles. The molecule has 0 spiro atoms. The van der Waals surface area contributed by atoms with Crippen LogP contribution in [-0.2, 0) is 10.0 Å². The number of hydrogen-bond acceptors (Lipinski definition) is 4. The number of amides is 2. The summed E-state index contributed by atoms with van der Waals surface area (Å²) in [5.74, 6) is 0. The molecule has 7 heteroatoms. The molecule has 1 aromatic rings. The highest BCUT2D eigenvalue weighted by Crippen LogP contribution is 2.13. The SMILES string of the molecule is NCN(C(N)=O)S(=O)(=O)c1ccccc1. The highest BCUT2D eigenvalue weighted by molar-refractivity contribution is 7.89. The molecule has 0 saturated heterocycles. The average molecular weight is 229 g/mol. The van der Waals surface area contributed by atoms with Crippen molar-refractivity contribution in [2.45, 2.75) is 4.90 Å². The van der Waals surface area contributed by atoms with Crippen molar-refractivity contribution in [3.63, 3.8) is 0 Å². The van der Waals surface area contributed by atoms with E-state index in [1.807, 2.05) is 0 Å². The molecule has 15 heavy (non-hydrogen) atoms. The monoisotopic (exact) mass is 229 g/mol. The maximum absolute atomic E-state index is 11.7. The number of rotatable bonds is 3. The van der Waals surface area contributed by atoms with Crippen LogP contribution < -0.4 is 11.5 Å². The Bertz CT molecular complexity index is 443. The van der Waals surface area contributed by atoms with Gasteiger partial charge in [0.15, 0.2) is 0 Å². The number of benzene rings is 1. The van der Waals surface area contributed by atoms with Gasteiger partial charge < -0.3 is 11.5 Å². The number of nitrogens with zero attached hydrogens (tertiary/aromatic N) is 1. The Balaban J connectivity index is 3.19. The van der Waals surface area contributed by atoms with Crippen LogP contribution in [0.3, 0.4) is 0 Å². The lowest BCUT2D eigenvalue weighted by atomic mass is 10.4. The molecule has 1 rings (SSSR count). The minimum atomic E-state index is -3.92. The van der Waals surface area contributed by atoms with Crippen LogP contribution in [0.1, 0.15) is 0 Å². The molecule has 0 aliphatic rings. The first-order valence-corrected chi connectivity index (χ1v) is 5.51. The Morgan fingerprint density at radius 1 is 1.27 bits per heavy atom. The summed E-state index contributed by atoms with van der Waals surface area (Å²) >= 11 is 0. The molecular weight excluding hydrogens is 218 g/mol. The molecule has 2 amide bonds. The standard InChI is InChI=1S/C8H11N3O3S/c9-6-11(8(10)12)15(13,14)7-4-2-1-3-5-7/h1-5H,6,9H2,(H2,10,12). The summed E-state index contributed by atoms with van der Waals surface area (Å²) in [7, 11) is -3.92. The number of urea groups is 1. The quantitative estimate of drug-likeness (QED) is 0.692. The summed E-state index contributed by atoms with van der Waals surface area (Å²) in [6.45, 7) is -0.480. The summed E-state index contributed by atoms with van der Waals surface area (Å²) in [4.78, 5) is 10.8. The second-order valence-corrected chi connectivity index (χ2v) is 4.55. The highest BCUT2D eigenvalue weighted by Gasteiger charge is 2.25. The van der Waals surface area contributed by atoms with Crippen LogP contribution in [0, 0.1) is 0 Å². The minimum absolute atomic E-state index is 0.0192. The molecule has 0 bridgehead atoms. The van der Waals surface area contributed by atoms with Crippen molar-refractivity contribution in [1.29, 1.82) is 0 Å². The fourth-order valence-electron chi connectivity index (χ4n) is 1.03. The maximum atomic E-state index is 11.7. The Kier molecular flexibility index (Phi) is 3.28. The highest BCUT2D eigenvalue weighted by atomic mass is 32.2. The van der Waals surface area contributed by atoms with Gasteiger partial charge in [0.1, 0.15) is 0 Å². The van der Waals surface area contributed by atoms with Gasteiger partial charge in [0, 0.05) is 0 Å². The molecule has 0 aliphatic heterocycles. The minimum Gasteiger partial charge on any atom is -0.351 e. The van der Waals surface area contributed by atoms with E-state index in [0.29, 0.717) is 4.31 Å². The molecule has 0 aliphatic carbocycles. The van der Waals surface area contributed by atoms with Crippen LogP contribution >= 0.6 is 0 Å². The van der Waals surface area contributed by atoms with Crippen molar-refractivity contribution >= 4 is 16.1 Å². The van der Waals surface area contributed by atoms with Gasteiger partial charge in [-0.05, 0) is 12.1 Å². The average Bonchev–Trinajstić information content (AvgIpc) is 2.19. The van der Waals surface area contributed by atoms with Gasteiger partial charge in [0.25, 0.3) is 10.0 Å². The van der Waals surface area contributed by atoms with Crippen molar-refractivity contribution in [1.82, 2.24) is 4.31 Å². The zero-order valence-corrected chi connectivity index (χ0v) is 8.65. The first-order chi connectivity index (χ1) is 7.00. The Labute approximate surface area is 87.5 Å². The van der Waals surface area contributed by atoms with Crippen molar-refractivity contribution in [2.75, 3.05) is 6.67 Å². The predicted octanol–water partition coefficient (Wildman–Crippen LogP) is -0.328. The number of carbonyl (C=O) groups is 1. The Morgan fingerprint density at radius 2 is 1.80 bits per heavy atom. The molecule has 6 nitrogen and oxygen atoms in total. The van der Waals surface area contributed by atoms with Gasteiger partial charge in [-0.15, -0.1) is 0 Å². The normalized spacial score (nSPS) is 11.0. The van der Waals surface area contributed by atoms with Crippen LogP contribution in [0.5, 0.6) is 0 Å². The van der Waals surface area contributed by atoms with Crippen molar-refractivity contribution in [3.05, 3.63) is 30.3 Å². The van der Waals surface area contributed by atoms with Crippen molar-refractivity contribution < 1.29 is 13.2 Å². The summed E-state index contributed by atoms with van der Waals surface area (Å²) in [6, 6.07) is 6.38. The molecule has 4 N–H and O–H groups in total. The van der Waals surface area contributed by atoms with Crippen LogP contribution in [0.2, 0.25) is 0 Å². The van der Waals surface area contributed by atoms with Gasteiger partial charge in [0.05, 0.1) is 11.6 Å². The fraction of sp³-hybridized carbons (Fsp3) is 0.125. The Morgan fingerprint density at radius 3 is 2.20 bits per heavy atom. The topological polar surface area (TPSA) is 106 Å². The smallest absolute Gasteiger partial charge is 0.329 e. The molecule has 0 unspecified atom stereocenters. The van der Waals surface area contributed by atoms with Crippen LogP contribution in [0.15, 0.2) is 35.2 Å². The van der Waals surface area contributed by atoms with Crippen LogP contribution in [-0.4, -0.2) is 25.4 Å². The molecule has 0 atom stereocenters. The maximum Gasteiger partial charge on any atom is 0.329 e. The number of carbonyl (C=O) groups excluding carboxylic acids is 1. The van der Waals surface area contributed by atoms with Crippen molar-refractivity contribution in [3.8, 4) is 0 Å². The summed E-state index contributed by atoms with van der Waals surface area (Å²) in [5.41, 5.74) is 10.0. The lowest BCUT2D eigenvalue weighted by Crippen LogP contribution is -2.43. The fourth-order valence-corrected chi connectivity index (χ4v) is 2.21. The van der Waals surface area contributed by atoms with Crippen LogP contribution in [0.25, 0.3) is 0 Å². The first-order valence-electron chi connectivity index (χ1n) is 4.07. The molecule has 0 radical (unpaired) electrons. The van der Waals surface area contributed by atoms with Gasteiger partial charge in [-0.1, -0.05) is 18.2 Å². The third-order valence-corrected chi connectivity index (χ3v) is 3.52. The lowest BCUT2D eigenvalue weighted by molar-refractivity contribution is 0.233. The van der Waals surface area contributed by atoms with E-state index in [9.17, 15) is 13.2 Å². The van der Waals surface area contributed by atoms with E-state index in [0.717, 1.165) is 0 Å². The lowest BCUT2D eigenvalue weighted by Gasteiger charge is -2.17. The van der Waals surface area contributed by atoms with Gasteiger partial charge in [-0.3, -0.25) is 0 Å². The summed E-state index contributed by atoms with van der Waals surface area (Å²) in [5, 5.41) is 0. The third-order valence-electron chi connectivity index (χ3n) is 1.74. The molecule has 82 valence electrons. The first kappa shape index (κ1) is 11.5. The molecule has 0 fully saturated rings. The van der Waals surface area contributed by atoms with E-state index in [4.69, 9.17) is 11.5 Å². The second-order valence-electron chi connectivity index (χ2n) is 2.69. The molecule has 0 heterocycles. The molecule has 0 saturated carbocycles. The summed E-state index contributed by atoms with van der Waals surface area (Å²) in [6.07, 6.45) is 0. The van der Waals surface area contributed by atoms with Gasteiger partial charge in [-0.2, -0.15) is 0 Å². The number of hydrogen-bond donors (Lipinski definition) is 2. The third kappa shape index (κ3) is 2.25. The largest absolute Gasteiger partial charge is 0.351 e. The zero-order chi connectivity index (χ0) is 11.5.